The maximum atomic E-state index is 13.2. The van der Waals surface area contributed by atoms with Crippen molar-refractivity contribution in [3.63, 3.8) is 0 Å². The Bertz CT molecular complexity index is 829. The lowest BCUT2D eigenvalue weighted by atomic mass is 10.2. The zero-order valence-corrected chi connectivity index (χ0v) is 10.4. The van der Waals surface area contributed by atoms with Crippen molar-refractivity contribution in [2.24, 2.45) is 0 Å². The zero-order chi connectivity index (χ0) is 13.4. The van der Waals surface area contributed by atoms with E-state index in [0.717, 1.165) is 0 Å². The molecule has 3 aromatic rings. The fourth-order valence-corrected chi connectivity index (χ4v) is 2.19. The first-order chi connectivity index (χ1) is 9.16. The van der Waals surface area contributed by atoms with E-state index < -0.39 is 5.82 Å². The summed E-state index contributed by atoms with van der Waals surface area (Å²) in [5.74, 6) is -0.413. The molecule has 0 spiro atoms. The topological polar surface area (TPSA) is 34.9 Å². The van der Waals surface area contributed by atoms with Crippen molar-refractivity contribution in [3.05, 3.63) is 70.0 Å². The SMILES string of the molecule is O=c1c2c(Cl)cccc2ncn1-c1cccc(F)c1. The molecule has 3 rings (SSSR count). The predicted octanol–water partition coefficient (Wildman–Crippen LogP) is 3.18. The second kappa shape index (κ2) is 4.48. The van der Waals surface area contributed by atoms with Gasteiger partial charge in [-0.2, -0.15) is 0 Å². The average molecular weight is 275 g/mol. The lowest BCUT2D eigenvalue weighted by molar-refractivity contribution is 0.626. The molecule has 0 radical (unpaired) electrons. The van der Waals surface area contributed by atoms with Gasteiger partial charge < -0.3 is 0 Å². The highest BCUT2D eigenvalue weighted by molar-refractivity contribution is 6.35. The molecule has 0 saturated heterocycles. The van der Waals surface area contributed by atoms with E-state index in [1.54, 1.807) is 24.3 Å². The van der Waals surface area contributed by atoms with E-state index in [2.05, 4.69) is 4.98 Å². The van der Waals surface area contributed by atoms with E-state index in [9.17, 15) is 9.18 Å². The number of hydrogen-bond donors (Lipinski definition) is 0. The van der Waals surface area contributed by atoms with Crippen LogP contribution in [0, 0.1) is 5.82 Å². The molecule has 5 heteroatoms. The predicted molar refractivity (Wildman–Crippen MR) is 72.3 cm³/mol. The molecule has 0 N–H and O–H groups in total. The van der Waals surface area contributed by atoms with E-state index in [4.69, 9.17) is 11.6 Å². The van der Waals surface area contributed by atoms with Gasteiger partial charge in [-0.15, -0.1) is 0 Å². The Balaban J connectivity index is 2.35. The molecule has 94 valence electrons. The fourth-order valence-electron chi connectivity index (χ4n) is 1.93. The molecule has 1 heterocycles. The molecule has 0 unspecified atom stereocenters. The first-order valence-corrected chi connectivity index (χ1v) is 5.96. The molecule has 19 heavy (non-hydrogen) atoms. The van der Waals surface area contributed by atoms with Gasteiger partial charge in [0.15, 0.2) is 0 Å². The molecule has 0 fully saturated rings. The summed E-state index contributed by atoms with van der Waals surface area (Å²) in [5, 5.41) is 0.664. The molecule has 0 aliphatic carbocycles. The molecule has 1 aromatic heterocycles. The normalized spacial score (nSPS) is 10.8. The smallest absolute Gasteiger partial charge is 0.267 e. The first-order valence-electron chi connectivity index (χ1n) is 5.58. The van der Waals surface area contributed by atoms with Crippen LogP contribution in [0.2, 0.25) is 5.02 Å². The van der Waals surface area contributed by atoms with Gasteiger partial charge in [0.1, 0.15) is 12.1 Å². The Morgan fingerprint density at radius 3 is 2.74 bits per heavy atom. The fraction of sp³-hybridized carbons (Fsp3) is 0. The van der Waals surface area contributed by atoms with Crippen LogP contribution in [-0.4, -0.2) is 9.55 Å². The van der Waals surface area contributed by atoms with Crippen LogP contribution in [0.15, 0.2) is 53.6 Å². The van der Waals surface area contributed by atoms with Crippen LogP contribution in [0.3, 0.4) is 0 Å². The average Bonchev–Trinajstić information content (AvgIpc) is 2.39. The van der Waals surface area contributed by atoms with Crippen molar-refractivity contribution >= 4 is 22.5 Å². The zero-order valence-electron chi connectivity index (χ0n) is 9.68. The van der Waals surface area contributed by atoms with E-state index in [1.807, 2.05) is 0 Å². The number of rotatable bonds is 1. The maximum absolute atomic E-state index is 13.2. The molecule has 2 aromatic carbocycles. The lowest BCUT2D eigenvalue weighted by Gasteiger charge is -2.07. The third-order valence-electron chi connectivity index (χ3n) is 2.82. The van der Waals surface area contributed by atoms with E-state index in [0.29, 0.717) is 21.6 Å². The van der Waals surface area contributed by atoms with Gasteiger partial charge >= 0.3 is 0 Å². The highest BCUT2D eigenvalue weighted by atomic mass is 35.5. The summed E-state index contributed by atoms with van der Waals surface area (Å²) < 4.78 is 14.5. The number of fused-ring (bicyclic) bond motifs is 1. The van der Waals surface area contributed by atoms with Gasteiger partial charge in [0.25, 0.3) is 5.56 Å². The minimum absolute atomic E-state index is 0.318. The number of nitrogens with zero attached hydrogens (tertiary/aromatic N) is 2. The van der Waals surface area contributed by atoms with Crippen LogP contribution in [0.4, 0.5) is 4.39 Å². The first kappa shape index (κ1) is 11.9. The third-order valence-corrected chi connectivity index (χ3v) is 3.14. The van der Waals surface area contributed by atoms with Crippen LogP contribution >= 0.6 is 11.6 Å². The standard InChI is InChI=1S/C14H8ClFN2O/c15-11-5-2-6-12-13(11)14(19)18(8-17-12)10-4-1-3-9(16)7-10/h1-8H. The molecule has 0 atom stereocenters. The molecule has 0 aliphatic rings. The molecule has 0 aliphatic heterocycles. The molecular formula is C14H8ClFN2O. The van der Waals surface area contributed by atoms with Crippen LogP contribution in [0.1, 0.15) is 0 Å². The van der Waals surface area contributed by atoms with Gasteiger partial charge in [0.05, 0.1) is 21.6 Å². The van der Waals surface area contributed by atoms with Crippen molar-refractivity contribution < 1.29 is 4.39 Å². The highest BCUT2D eigenvalue weighted by Gasteiger charge is 2.09. The molecule has 0 amide bonds. The van der Waals surface area contributed by atoms with Crippen molar-refractivity contribution in [2.75, 3.05) is 0 Å². The van der Waals surface area contributed by atoms with Crippen LogP contribution in [-0.2, 0) is 0 Å². The van der Waals surface area contributed by atoms with Gasteiger partial charge in [-0.05, 0) is 30.3 Å². The minimum Gasteiger partial charge on any atom is -0.268 e. The van der Waals surface area contributed by atoms with Gasteiger partial charge in [-0.3, -0.25) is 9.36 Å². The molecular weight excluding hydrogens is 267 g/mol. The summed E-state index contributed by atoms with van der Waals surface area (Å²) in [7, 11) is 0. The van der Waals surface area contributed by atoms with E-state index in [-0.39, 0.29) is 5.56 Å². The van der Waals surface area contributed by atoms with Gasteiger partial charge in [-0.1, -0.05) is 23.7 Å². The second-order valence-electron chi connectivity index (χ2n) is 4.03. The summed E-state index contributed by atoms with van der Waals surface area (Å²) in [4.78, 5) is 16.5. The van der Waals surface area contributed by atoms with Crippen LogP contribution in [0.25, 0.3) is 16.6 Å². The quantitative estimate of drug-likeness (QED) is 0.683. The van der Waals surface area contributed by atoms with Gasteiger partial charge in [-0.25, -0.2) is 9.37 Å². The lowest BCUT2D eigenvalue weighted by Crippen LogP contribution is -2.19. The largest absolute Gasteiger partial charge is 0.268 e. The number of hydrogen-bond acceptors (Lipinski definition) is 2. The summed E-state index contributed by atoms with van der Waals surface area (Å²) in [6.45, 7) is 0. The Kier molecular flexibility index (Phi) is 2.80. The summed E-state index contributed by atoms with van der Waals surface area (Å²) >= 11 is 6.03. The third kappa shape index (κ3) is 2.00. The number of halogens is 2. The van der Waals surface area contributed by atoms with Crippen molar-refractivity contribution in [2.45, 2.75) is 0 Å². The van der Waals surface area contributed by atoms with Crippen LogP contribution < -0.4 is 5.56 Å². The van der Waals surface area contributed by atoms with E-state index in [1.165, 1.54) is 29.1 Å². The van der Waals surface area contributed by atoms with Crippen molar-refractivity contribution in [3.8, 4) is 5.69 Å². The Morgan fingerprint density at radius 2 is 1.95 bits per heavy atom. The highest BCUT2D eigenvalue weighted by Crippen LogP contribution is 2.18. The van der Waals surface area contributed by atoms with Gasteiger partial charge in [0, 0.05) is 0 Å². The summed E-state index contributed by atoms with van der Waals surface area (Å²) in [6.07, 6.45) is 1.37. The Hall–Kier alpha value is -2.20. The number of benzene rings is 2. The van der Waals surface area contributed by atoms with Crippen LogP contribution in [0.5, 0.6) is 0 Å². The van der Waals surface area contributed by atoms with Crippen molar-refractivity contribution in [1.82, 2.24) is 9.55 Å². The number of aromatic nitrogens is 2. The summed E-state index contributed by atoms with van der Waals surface area (Å²) in [6, 6.07) is 10.8. The molecule has 0 saturated carbocycles. The minimum atomic E-state index is -0.413. The van der Waals surface area contributed by atoms with Gasteiger partial charge in [0.2, 0.25) is 0 Å². The van der Waals surface area contributed by atoms with E-state index >= 15 is 0 Å². The Morgan fingerprint density at radius 1 is 1.16 bits per heavy atom. The van der Waals surface area contributed by atoms with Crippen molar-refractivity contribution in [1.29, 1.82) is 0 Å². The summed E-state index contributed by atoms with van der Waals surface area (Å²) in [5.41, 5.74) is 0.616. The maximum Gasteiger partial charge on any atom is 0.267 e. The Labute approximate surface area is 112 Å². The second-order valence-corrected chi connectivity index (χ2v) is 4.44. The monoisotopic (exact) mass is 274 g/mol. The molecule has 0 bridgehead atoms. The molecule has 3 nitrogen and oxygen atoms in total.